The third kappa shape index (κ3) is 6.63. The van der Waals surface area contributed by atoms with E-state index < -0.39 is 17.7 Å². The molecule has 0 spiro atoms. The zero-order valence-electron chi connectivity index (χ0n) is 22.1. The van der Waals surface area contributed by atoms with Crippen LogP contribution in [0.2, 0.25) is 0 Å². The number of carbonyl (C=O) groups is 1. The molecule has 1 aliphatic heterocycles. The van der Waals surface area contributed by atoms with Gasteiger partial charge >= 0.3 is 5.97 Å². The van der Waals surface area contributed by atoms with Crippen LogP contribution < -0.4 is 4.90 Å². The molecule has 3 rings (SSSR count). The number of aromatic nitrogens is 1. The second kappa shape index (κ2) is 10.7. The molecule has 0 bridgehead atoms. The second-order valence-corrected chi connectivity index (χ2v) is 12.9. The van der Waals surface area contributed by atoms with Crippen molar-refractivity contribution in [1.82, 2.24) is 4.98 Å². The molecule has 5 nitrogen and oxygen atoms in total. The van der Waals surface area contributed by atoms with Crippen molar-refractivity contribution in [1.29, 1.82) is 0 Å². The summed E-state index contributed by atoms with van der Waals surface area (Å²) in [4.78, 5) is 20.3. The molecule has 2 aliphatic rings. The maximum Gasteiger partial charge on any atom is 0.340 e. The number of ether oxygens (including phenoxy) is 2. The van der Waals surface area contributed by atoms with Crippen LogP contribution in [0.15, 0.2) is 17.2 Å². The number of carbonyl (C=O) groups excluding carboxylic acids is 1. The largest absolute Gasteiger partial charge is 0.461 e. The van der Waals surface area contributed by atoms with Gasteiger partial charge in [0.2, 0.25) is 0 Å². The predicted molar refractivity (Wildman–Crippen MR) is 143 cm³/mol. The lowest BCUT2D eigenvalue weighted by Crippen LogP contribution is -2.42. The number of pyridine rings is 1. The monoisotopic (exact) mass is 534 g/mol. The van der Waals surface area contributed by atoms with Crippen LogP contribution >= 0.6 is 15.9 Å². The van der Waals surface area contributed by atoms with E-state index in [1.807, 2.05) is 34.6 Å². The van der Waals surface area contributed by atoms with Gasteiger partial charge in [-0.05, 0) is 106 Å². The summed E-state index contributed by atoms with van der Waals surface area (Å²) in [7, 11) is 0. The molecule has 2 fully saturated rings. The molecule has 6 heteroatoms. The lowest BCUT2D eigenvalue weighted by Gasteiger charge is -2.46. The molecule has 0 amide bonds. The number of rotatable bonds is 8. The van der Waals surface area contributed by atoms with Gasteiger partial charge in [-0.15, -0.1) is 0 Å². The highest BCUT2D eigenvalue weighted by Gasteiger charge is 2.39. The minimum Gasteiger partial charge on any atom is -0.461 e. The maximum absolute atomic E-state index is 13.3. The fraction of sp³-hybridized carbons (Fsp3) is 0.714. The Kier molecular flexibility index (Phi) is 8.55. The first-order valence-electron chi connectivity index (χ1n) is 12.8. The summed E-state index contributed by atoms with van der Waals surface area (Å²) in [6, 6.07) is 0. The topological polar surface area (TPSA) is 51.7 Å². The highest BCUT2D eigenvalue weighted by Crippen LogP contribution is 2.47. The van der Waals surface area contributed by atoms with E-state index in [4.69, 9.17) is 9.47 Å². The van der Waals surface area contributed by atoms with Crippen LogP contribution in [0.1, 0.15) is 97.9 Å². The molecule has 1 aromatic heterocycles. The van der Waals surface area contributed by atoms with E-state index in [1.54, 1.807) is 12.3 Å². The van der Waals surface area contributed by atoms with E-state index >= 15 is 0 Å². The Bertz CT molecular complexity index is 878. The Morgan fingerprint density at radius 1 is 1.32 bits per heavy atom. The van der Waals surface area contributed by atoms with Crippen molar-refractivity contribution in [3.8, 4) is 0 Å². The van der Waals surface area contributed by atoms with Crippen molar-refractivity contribution in [3.05, 3.63) is 28.5 Å². The summed E-state index contributed by atoms with van der Waals surface area (Å²) in [5.41, 5.74) is 2.20. The number of halogens is 1. The molecular weight excluding hydrogens is 492 g/mol. The molecule has 190 valence electrons. The fourth-order valence-electron chi connectivity index (χ4n) is 5.53. The van der Waals surface area contributed by atoms with Crippen LogP contribution in [0.5, 0.6) is 0 Å². The zero-order chi connectivity index (χ0) is 25.3. The van der Waals surface area contributed by atoms with Gasteiger partial charge in [-0.25, -0.2) is 4.79 Å². The third-order valence-corrected chi connectivity index (χ3v) is 7.69. The van der Waals surface area contributed by atoms with Crippen LogP contribution in [0.25, 0.3) is 6.08 Å². The molecule has 34 heavy (non-hydrogen) atoms. The van der Waals surface area contributed by atoms with Crippen LogP contribution in [0.4, 0.5) is 5.69 Å². The summed E-state index contributed by atoms with van der Waals surface area (Å²) in [5, 5.41) is 0. The van der Waals surface area contributed by atoms with Gasteiger partial charge in [0, 0.05) is 24.8 Å². The van der Waals surface area contributed by atoms with Gasteiger partial charge < -0.3 is 14.4 Å². The number of esters is 1. The maximum atomic E-state index is 13.3. The molecule has 0 N–H and O–H groups in total. The molecule has 1 aliphatic carbocycles. The number of hydrogen-bond acceptors (Lipinski definition) is 5. The Labute approximate surface area is 214 Å². The van der Waals surface area contributed by atoms with Crippen molar-refractivity contribution in [2.24, 2.45) is 17.3 Å². The predicted octanol–water partition coefficient (Wildman–Crippen LogP) is 7.34. The fourth-order valence-corrected chi connectivity index (χ4v) is 6.10. The third-order valence-electron chi connectivity index (χ3n) is 7.11. The van der Waals surface area contributed by atoms with Crippen molar-refractivity contribution >= 4 is 33.7 Å². The van der Waals surface area contributed by atoms with E-state index in [9.17, 15) is 4.79 Å². The molecule has 1 atom stereocenters. The average Bonchev–Trinajstić information content (AvgIpc) is 2.70. The van der Waals surface area contributed by atoms with Crippen molar-refractivity contribution < 1.29 is 14.3 Å². The summed E-state index contributed by atoms with van der Waals surface area (Å²) in [6.45, 7) is 20.2. The van der Waals surface area contributed by atoms with E-state index in [0.717, 1.165) is 53.5 Å². The van der Waals surface area contributed by atoms with Gasteiger partial charge in [0.15, 0.2) is 6.10 Å². The van der Waals surface area contributed by atoms with Gasteiger partial charge in [0.25, 0.3) is 0 Å². The normalized spacial score (nSPS) is 23.4. The molecule has 0 radical (unpaired) electrons. The number of anilines is 1. The standard InChI is InChI=1S/C28H43BrN2O3/c1-9-22-23(25(34-27(5,6)7)26(32)33-18(2)3)24(21(29)17-30-22)31-12-10-28(8,11-13-31)16-20-14-19(4)15-20/h9,17-20,25H,1,10-16H2,2-8H3/t19?,20?,25-/m0/s1. The molecule has 0 unspecified atom stereocenters. The number of piperidine rings is 1. The van der Waals surface area contributed by atoms with Crippen molar-refractivity contribution in [2.75, 3.05) is 18.0 Å². The Hall–Kier alpha value is -1.40. The second-order valence-electron chi connectivity index (χ2n) is 12.0. The first kappa shape index (κ1) is 27.2. The van der Waals surface area contributed by atoms with Crippen molar-refractivity contribution in [2.45, 2.75) is 98.4 Å². The SMILES string of the molecule is C=Cc1ncc(Br)c(N2CCC(C)(CC3CC(C)C3)CC2)c1[C@H](OC(C)(C)C)C(=O)OC(C)C. The van der Waals surface area contributed by atoms with E-state index in [2.05, 4.69) is 46.2 Å². The first-order chi connectivity index (χ1) is 15.8. The quantitative estimate of drug-likeness (QED) is 0.326. The van der Waals surface area contributed by atoms with Gasteiger partial charge in [-0.1, -0.05) is 20.4 Å². The Morgan fingerprint density at radius 3 is 2.44 bits per heavy atom. The Balaban J connectivity index is 1.93. The van der Waals surface area contributed by atoms with E-state index in [0.29, 0.717) is 11.1 Å². The Morgan fingerprint density at radius 2 is 1.94 bits per heavy atom. The first-order valence-corrected chi connectivity index (χ1v) is 13.6. The van der Waals surface area contributed by atoms with Crippen LogP contribution in [0.3, 0.4) is 0 Å². The molecule has 1 saturated heterocycles. The van der Waals surface area contributed by atoms with Gasteiger partial charge in [0.1, 0.15) is 0 Å². The van der Waals surface area contributed by atoms with Crippen molar-refractivity contribution in [3.63, 3.8) is 0 Å². The highest BCUT2D eigenvalue weighted by atomic mass is 79.9. The van der Waals surface area contributed by atoms with E-state index in [1.165, 1.54) is 19.3 Å². The zero-order valence-corrected chi connectivity index (χ0v) is 23.7. The van der Waals surface area contributed by atoms with Crippen LogP contribution in [-0.4, -0.2) is 35.7 Å². The molecule has 1 aromatic rings. The van der Waals surface area contributed by atoms with Crippen LogP contribution in [0, 0.1) is 17.3 Å². The molecule has 2 heterocycles. The molecular formula is C28H43BrN2O3. The summed E-state index contributed by atoms with van der Waals surface area (Å²) in [6.07, 6.45) is 8.74. The van der Waals surface area contributed by atoms with E-state index in [-0.39, 0.29) is 6.10 Å². The lowest BCUT2D eigenvalue weighted by molar-refractivity contribution is -0.171. The smallest absolute Gasteiger partial charge is 0.340 e. The molecule has 1 saturated carbocycles. The highest BCUT2D eigenvalue weighted by molar-refractivity contribution is 9.10. The number of nitrogens with zero attached hydrogens (tertiary/aromatic N) is 2. The van der Waals surface area contributed by atoms with Gasteiger partial charge in [0.05, 0.1) is 27.6 Å². The lowest BCUT2D eigenvalue weighted by atomic mass is 9.65. The minimum absolute atomic E-state index is 0.237. The summed E-state index contributed by atoms with van der Waals surface area (Å²) < 4.78 is 12.8. The van der Waals surface area contributed by atoms with Gasteiger partial charge in [-0.2, -0.15) is 0 Å². The average molecular weight is 536 g/mol. The van der Waals surface area contributed by atoms with Crippen LogP contribution in [-0.2, 0) is 14.3 Å². The van der Waals surface area contributed by atoms with Gasteiger partial charge in [-0.3, -0.25) is 4.98 Å². The summed E-state index contributed by atoms with van der Waals surface area (Å²) in [5.74, 6) is 1.39. The molecule has 0 aromatic carbocycles. The summed E-state index contributed by atoms with van der Waals surface area (Å²) >= 11 is 3.74. The minimum atomic E-state index is -0.889. The number of hydrogen-bond donors (Lipinski definition) is 0.